The van der Waals surface area contributed by atoms with Crippen molar-refractivity contribution >= 4 is 21.6 Å². The van der Waals surface area contributed by atoms with Crippen molar-refractivity contribution in [3.05, 3.63) is 29.8 Å². The van der Waals surface area contributed by atoms with Gasteiger partial charge < -0.3 is 9.88 Å². The molecule has 0 bridgehead atoms. The van der Waals surface area contributed by atoms with Crippen LogP contribution in [0, 0.1) is 5.82 Å². The largest absolute Gasteiger partial charge is 0.322 e. The van der Waals surface area contributed by atoms with Crippen molar-refractivity contribution in [3.63, 3.8) is 0 Å². The minimum Gasteiger partial charge on any atom is -0.322 e. The number of anilines is 1. The van der Waals surface area contributed by atoms with Crippen LogP contribution >= 0.6 is 0 Å². The molecule has 1 amide bonds. The first-order valence-electron chi connectivity index (χ1n) is 10.3. The van der Waals surface area contributed by atoms with E-state index in [2.05, 4.69) is 20.1 Å². The van der Waals surface area contributed by atoms with Gasteiger partial charge in [0.1, 0.15) is 17.7 Å². The highest BCUT2D eigenvalue weighted by Crippen LogP contribution is 2.28. The summed E-state index contributed by atoms with van der Waals surface area (Å²) in [5, 5.41) is 11.2. The Morgan fingerprint density at radius 2 is 1.93 bits per heavy atom. The number of benzene rings is 1. The lowest BCUT2D eigenvalue weighted by atomic mass is 10.0. The SMILES string of the molecule is CS(=O)(=O)N1CCCCC1C(=O)Nc1cc(-c2nnc3n2CCCCC3)ccc1F. The summed E-state index contributed by atoms with van der Waals surface area (Å²) in [6.45, 7) is 1.10. The van der Waals surface area contributed by atoms with Gasteiger partial charge in [-0.15, -0.1) is 10.2 Å². The zero-order valence-electron chi connectivity index (χ0n) is 17.0. The van der Waals surface area contributed by atoms with Crippen molar-refractivity contribution in [3.8, 4) is 11.4 Å². The number of carbonyl (C=O) groups is 1. The molecule has 10 heteroatoms. The predicted octanol–water partition coefficient (Wildman–Crippen LogP) is 2.56. The van der Waals surface area contributed by atoms with Crippen LogP contribution in [0.25, 0.3) is 11.4 Å². The first kappa shape index (κ1) is 20.9. The standard InChI is InChI=1S/C20H26FN5O3S/c1-30(28,29)26-12-6-4-7-17(26)20(27)22-16-13-14(9-10-15(16)21)19-24-23-18-8-3-2-5-11-25(18)19/h9-10,13,17H,2-8,11-12H2,1H3,(H,22,27). The Morgan fingerprint density at radius 3 is 2.73 bits per heavy atom. The molecule has 1 N–H and O–H groups in total. The lowest BCUT2D eigenvalue weighted by Gasteiger charge is -2.32. The molecule has 0 saturated carbocycles. The van der Waals surface area contributed by atoms with Crippen LogP contribution in [0.3, 0.4) is 0 Å². The summed E-state index contributed by atoms with van der Waals surface area (Å²) in [5.41, 5.74) is 0.679. The maximum Gasteiger partial charge on any atom is 0.242 e. The minimum absolute atomic E-state index is 0.0162. The van der Waals surface area contributed by atoms with Gasteiger partial charge >= 0.3 is 0 Å². The Kier molecular flexibility index (Phi) is 5.88. The first-order chi connectivity index (χ1) is 14.3. The van der Waals surface area contributed by atoms with Gasteiger partial charge in [0.15, 0.2) is 5.82 Å². The molecule has 1 fully saturated rings. The van der Waals surface area contributed by atoms with Crippen molar-refractivity contribution in [1.82, 2.24) is 19.1 Å². The fourth-order valence-corrected chi connectivity index (χ4v) is 5.36. The third-order valence-corrected chi connectivity index (χ3v) is 7.06. The van der Waals surface area contributed by atoms with Crippen molar-refractivity contribution in [2.24, 2.45) is 0 Å². The van der Waals surface area contributed by atoms with Gasteiger partial charge in [0.2, 0.25) is 15.9 Å². The van der Waals surface area contributed by atoms with Gasteiger partial charge in [0, 0.05) is 25.1 Å². The summed E-state index contributed by atoms with van der Waals surface area (Å²) in [5.74, 6) is 0.474. The maximum atomic E-state index is 14.5. The number of nitrogens with zero attached hydrogens (tertiary/aromatic N) is 4. The number of amides is 1. The molecule has 2 aromatic rings. The normalized spacial score (nSPS) is 20.4. The molecule has 30 heavy (non-hydrogen) atoms. The second-order valence-electron chi connectivity index (χ2n) is 7.97. The molecule has 1 atom stereocenters. The Labute approximate surface area is 175 Å². The van der Waals surface area contributed by atoms with E-state index in [0.29, 0.717) is 30.8 Å². The highest BCUT2D eigenvalue weighted by Gasteiger charge is 2.34. The Morgan fingerprint density at radius 1 is 1.13 bits per heavy atom. The highest BCUT2D eigenvalue weighted by molar-refractivity contribution is 7.88. The van der Waals surface area contributed by atoms with Gasteiger partial charge in [-0.05, 0) is 43.9 Å². The van der Waals surface area contributed by atoms with Crippen molar-refractivity contribution < 1.29 is 17.6 Å². The number of aromatic nitrogens is 3. The van der Waals surface area contributed by atoms with Crippen molar-refractivity contribution in [2.45, 2.75) is 57.5 Å². The van der Waals surface area contributed by atoms with Crippen LogP contribution in [0.1, 0.15) is 44.3 Å². The molecule has 3 heterocycles. The molecule has 8 nitrogen and oxygen atoms in total. The molecular weight excluding hydrogens is 409 g/mol. The summed E-state index contributed by atoms with van der Waals surface area (Å²) >= 11 is 0. The van der Waals surface area contributed by atoms with Gasteiger partial charge in [-0.2, -0.15) is 4.31 Å². The fraction of sp³-hybridized carbons (Fsp3) is 0.550. The number of nitrogens with one attached hydrogen (secondary N) is 1. The minimum atomic E-state index is -3.52. The number of carbonyl (C=O) groups excluding carboxylic acids is 1. The van der Waals surface area contributed by atoms with Gasteiger partial charge in [0.25, 0.3) is 0 Å². The molecule has 162 valence electrons. The summed E-state index contributed by atoms with van der Waals surface area (Å²) in [6.07, 6.45) is 7.06. The van der Waals surface area contributed by atoms with E-state index in [4.69, 9.17) is 0 Å². The van der Waals surface area contributed by atoms with Crippen LogP contribution in [-0.4, -0.2) is 52.2 Å². The average molecular weight is 436 g/mol. The third kappa shape index (κ3) is 4.24. The molecule has 1 aromatic carbocycles. The van der Waals surface area contributed by atoms with E-state index >= 15 is 0 Å². The lowest BCUT2D eigenvalue weighted by molar-refractivity contribution is -0.120. The molecular formula is C20H26FN5O3S. The van der Waals surface area contributed by atoms with Crippen LogP contribution in [0.5, 0.6) is 0 Å². The zero-order chi connectivity index (χ0) is 21.3. The number of piperidine rings is 1. The molecule has 0 aliphatic carbocycles. The van der Waals surface area contributed by atoms with E-state index in [1.807, 2.05) is 0 Å². The van der Waals surface area contributed by atoms with Gasteiger partial charge in [0.05, 0.1) is 11.9 Å². The third-order valence-electron chi connectivity index (χ3n) is 5.77. The fourth-order valence-electron chi connectivity index (χ4n) is 4.24. The topological polar surface area (TPSA) is 97.2 Å². The lowest BCUT2D eigenvalue weighted by Crippen LogP contribution is -2.49. The molecule has 0 spiro atoms. The maximum absolute atomic E-state index is 14.5. The monoisotopic (exact) mass is 435 g/mol. The first-order valence-corrected chi connectivity index (χ1v) is 12.2. The van der Waals surface area contributed by atoms with E-state index in [1.165, 1.54) is 10.4 Å². The van der Waals surface area contributed by atoms with Crippen LogP contribution in [-0.2, 0) is 27.8 Å². The zero-order valence-corrected chi connectivity index (χ0v) is 17.8. The number of rotatable bonds is 4. The van der Waals surface area contributed by atoms with Crippen LogP contribution in [0.4, 0.5) is 10.1 Å². The van der Waals surface area contributed by atoms with E-state index in [-0.39, 0.29) is 5.69 Å². The average Bonchev–Trinajstić information content (AvgIpc) is 2.97. The predicted molar refractivity (Wildman–Crippen MR) is 111 cm³/mol. The van der Waals surface area contributed by atoms with Crippen molar-refractivity contribution in [2.75, 3.05) is 18.1 Å². The number of fused-ring (bicyclic) bond motifs is 1. The van der Waals surface area contributed by atoms with Crippen LogP contribution in [0.2, 0.25) is 0 Å². The number of aryl methyl sites for hydroxylation is 1. The molecule has 1 unspecified atom stereocenters. The Balaban J connectivity index is 1.60. The van der Waals surface area contributed by atoms with Gasteiger partial charge in [-0.1, -0.05) is 12.8 Å². The number of hydrogen-bond donors (Lipinski definition) is 1. The molecule has 0 radical (unpaired) electrons. The summed E-state index contributed by atoms with van der Waals surface area (Å²) in [7, 11) is -3.52. The highest BCUT2D eigenvalue weighted by atomic mass is 32.2. The second-order valence-corrected chi connectivity index (χ2v) is 9.91. The summed E-state index contributed by atoms with van der Waals surface area (Å²) in [6, 6.07) is 3.62. The van der Waals surface area contributed by atoms with E-state index in [9.17, 15) is 17.6 Å². The smallest absolute Gasteiger partial charge is 0.242 e. The molecule has 4 rings (SSSR count). The Hall–Kier alpha value is -2.33. The molecule has 2 aliphatic heterocycles. The quantitative estimate of drug-likeness (QED) is 0.796. The summed E-state index contributed by atoms with van der Waals surface area (Å²) < 4.78 is 41.8. The number of sulfonamides is 1. The van der Waals surface area contributed by atoms with Crippen molar-refractivity contribution in [1.29, 1.82) is 0 Å². The van der Waals surface area contributed by atoms with E-state index in [1.54, 1.807) is 12.1 Å². The van der Waals surface area contributed by atoms with Gasteiger partial charge in [-0.25, -0.2) is 12.8 Å². The van der Waals surface area contributed by atoms with E-state index < -0.39 is 27.8 Å². The van der Waals surface area contributed by atoms with Gasteiger partial charge in [-0.3, -0.25) is 4.79 Å². The molecule has 1 saturated heterocycles. The number of hydrogen-bond acceptors (Lipinski definition) is 5. The van der Waals surface area contributed by atoms with Crippen LogP contribution in [0.15, 0.2) is 18.2 Å². The molecule has 1 aromatic heterocycles. The van der Waals surface area contributed by atoms with Crippen LogP contribution < -0.4 is 5.32 Å². The molecule has 2 aliphatic rings. The number of halogens is 1. The Bertz CT molecular complexity index is 1050. The van der Waals surface area contributed by atoms with E-state index in [0.717, 1.165) is 50.7 Å². The second kappa shape index (κ2) is 8.43. The summed E-state index contributed by atoms with van der Waals surface area (Å²) in [4.78, 5) is 12.8.